The number of aliphatic hydroxyl groups is 1. The van der Waals surface area contributed by atoms with Gasteiger partial charge >= 0.3 is 0 Å². The van der Waals surface area contributed by atoms with E-state index in [0.29, 0.717) is 5.56 Å². The minimum Gasteiger partial charge on any atom is -0.508 e. The summed E-state index contributed by atoms with van der Waals surface area (Å²) < 4.78 is 2.04. The Morgan fingerprint density at radius 2 is 1.73 bits per heavy atom. The number of benzene rings is 1. The summed E-state index contributed by atoms with van der Waals surface area (Å²) in [5.74, 6) is 0.164. The topological polar surface area (TPSA) is 40.5 Å². The van der Waals surface area contributed by atoms with Gasteiger partial charge in [0.05, 0.1) is 6.61 Å². The highest BCUT2D eigenvalue weighted by atomic mass is 127. The quantitative estimate of drug-likeness (QED) is 0.738. The standard InChI is InChI=1S/C7H6I2O2/c8-5-1-4(3-10)7(11)2-6(5)9/h1-2,10-11H,3H2. The van der Waals surface area contributed by atoms with E-state index in [9.17, 15) is 5.11 Å². The number of hydrogen-bond donors (Lipinski definition) is 2. The van der Waals surface area contributed by atoms with Crippen LogP contribution >= 0.6 is 45.2 Å². The first-order valence-corrected chi connectivity index (χ1v) is 5.08. The average molecular weight is 376 g/mol. The van der Waals surface area contributed by atoms with Crippen molar-refractivity contribution in [3.63, 3.8) is 0 Å². The number of rotatable bonds is 1. The van der Waals surface area contributed by atoms with Crippen molar-refractivity contribution in [2.24, 2.45) is 0 Å². The summed E-state index contributed by atoms with van der Waals surface area (Å²) in [6.45, 7) is -0.112. The van der Waals surface area contributed by atoms with Crippen molar-refractivity contribution in [3.8, 4) is 5.75 Å². The lowest BCUT2D eigenvalue weighted by Gasteiger charge is -2.02. The number of halogens is 2. The van der Waals surface area contributed by atoms with Crippen molar-refractivity contribution in [2.45, 2.75) is 6.61 Å². The maximum Gasteiger partial charge on any atom is 0.122 e. The zero-order chi connectivity index (χ0) is 8.43. The molecular weight excluding hydrogens is 370 g/mol. The molecule has 0 saturated heterocycles. The second-order valence-electron chi connectivity index (χ2n) is 2.05. The highest BCUT2D eigenvalue weighted by molar-refractivity contribution is 14.1. The highest BCUT2D eigenvalue weighted by Crippen LogP contribution is 2.24. The first kappa shape index (κ1) is 9.53. The van der Waals surface area contributed by atoms with Gasteiger partial charge in [0.1, 0.15) is 5.75 Å². The zero-order valence-corrected chi connectivity index (χ0v) is 9.83. The van der Waals surface area contributed by atoms with Crippen LogP contribution in [0.15, 0.2) is 12.1 Å². The molecule has 0 spiro atoms. The van der Waals surface area contributed by atoms with E-state index in [4.69, 9.17) is 5.11 Å². The maximum absolute atomic E-state index is 9.25. The van der Waals surface area contributed by atoms with Gasteiger partial charge in [0, 0.05) is 12.7 Å². The monoisotopic (exact) mass is 376 g/mol. The minimum absolute atomic E-state index is 0.112. The van der Waals surface area contributed by atoms with Crippen LogP contribution in [0.25, 0.3) is 0 Å². The molecule has 0 aliphatic heterocycles. The molecule has 0 unspecified atom stereocenters. The van der Waals surface area contributed by atoms with Crippen molar-refractivity contribution in [1.82, 2.24) is 0 Å². The van der Waals surface area contributed by atoms with Gasteiger partial charge in [0.25, 0.3) is 0 Å². The summed E-state index contributed by atoms with van der Waals surface area (Å²) in [4.78, 5) is 0. The Morgan fingerprint density at radius 1 is 1.18 bits per heavy atom. The molecule has 1 rings (SSSR count). The fourth-order valence-electron chi connectivity index (χ4n) is 0.704. The van der Waals surface area contributed by atoms with Crippen molar-refractivity contribution < 1.29 is 10.2 Å². The molecule has 0 radical (unpaired) electrons. The van der Waals surface area contributed by atoms with Gasteiger partial charge < -0.3 is 10.2 Å². The Balaban J connectivity index is 3.21. The summed E-state index contributed by atoms with van der Waals surface area (Å²) in [5.41, 5.74) is 0.579. The zero-order valence-electron chi connectivity index (χ0n) is 5.51. The molecule has 1 aromatic rings. The average Bonchev–Trinajstić information content (AvgIpc) is 1.97. The molecular formula is C7H6I2O2. The van der Waals surface area contributed by atoms with Gasteiger partial charge in [-0.25, -0.2) is 0 Å². The molecule has 0 atom stereocenters. The van der Waals surface area contributed by atoms with Gasteiger partial charge in [0.15, 0.2) is 0 Å². The van der Waals surface area contributed by atoms with Crippen molar-refractivity contribution in [1.29, 1.82) is 0 Å². The van der Waals surface area contributed by atoms with Crippen LogP contribution in [0.3, 0.4) is 0 Å². The van der Waals surface area contributed by atoms with E-state index in [1.165, 1.54) is 0 Å². The molecule has 0 fully saturated rings. The lowest BCUT2D eigenvalue weighted by Crippen LogP contribution is -1.88. The van der Waals surface area contributed by atoms with Gasteiger partial charge in [0.2, 0.25) is 0 Å². The molecule has 2 nitrogen and oxygen atoms in total. The SMILES string of the molecule is OCc1cc(I)c(I)cc1O. The predicted molar refractivity (Wildman–Crippen MR) is 59.5 cm³/mol. The molecule has 1 aromatic carbocycles. The molecule has 0 aromatic heterocycles. The Bertz CT molecular complexity index is 273. The summed E-state index contributed by atoms with van der Waals surface area (Å²) >= 11 is 4.29. The predicted octanol–water partition coefficient (Wildman–Crippen LogP) is 2.09. The van der Waals surface area contributed by atoms with Gasteiger partial charge in [-0.15, -0.1) is 0 Å². The maximum atomic E-state index is 9.25. The summed E-state index contributed by atoms with van der Waals surface area (Å²) in [6.07, 6.45) is 0. The molecule has 2 N–H and O–H groups in total. The van der Waals surface area contributed by atoms with Crippen LogP contribution in [0.4, 0.5) is 0 Å². The Labute approximate surface area is 91.9 Å². The van der Waals surface area contributed by atoms with E-state index in [1.54, 1.807) is 12.1 Å². The van der Waals surface area contributed by atoms with E-state index in [1.807, 2.05) is 0 Å². The first-order valence-electron chi connectivity index (χ1n) is 2.93. The van der Waals surface area contributed by atoms with Crippen LogP contribution in [0.1, 0.15) is 5.56 Å². The Morgan fingerprint density at radius 3 is 2.27 bits per heavy atom. The summed E-state index contributed by atoms with van der Waals surface area (Å²) in [7, 11) is 0. The number of hydrogen-bond acceptors (Lipinski definition) is 2. The van der Waals surface area contributed by atoms with Crippen molar-refractivity contribution >= 4 is 45.2 Å². The van der Waals surface area contributed by atoms with Gasteiger partial charge in [-0.05, 0) is 57.3 Å². The van der Waals surface area contributed by atoms with E-state index < -0.39 is 0 Å². The highest BCUT2D eigenvalue weighted by Gasteiger charge is 2.03. The van der Waals surface area contributed by atoms with Crippen LogP contribution < -0.4 is 0 Å². The smallest absolute Gasteiger partial charge is 0.122 e. The third-order valence-electron chi connectivity index (χ3n) is 1.29. The second-order valence-corrected chi connectivity index (χ2v) is 4.38. The number of aliphatic hydroxyl groups excluding tert-OH is 1. The van der Waals surface area contributed by atoms with E-state index >= 15 is 0 Å². The Hall–Kier alpha value is 0.440. The lowest BCUT2D eigenvalue weighted by molar-refractivity contribution is 0.275. The summed E-state index contributed by atoms with van der Waals surface area (Å²) in [6, 6.07) is 3.42. The van der Waals surface area contributed by atoms with Crippen LogP contribution in [-0.4, -0.2) is 10.2 Å². The van der Waals surface area contributed by atoms with Crippen LogP contribution in [0.2, 0.25) is 0 Å². The van der Waals surface area contributed by atoms with E-state index in [-0.39, 0.29) is 12.4 Å². The molecule has 0 bridgehead atoms. The largest absolute Gasteiger partial charge is 0.508 e. The molecule has 0 saturated carbocycles. The minimum atomic E-state index is -0.112. The molecule has 0 aliphatic carbocycles. The fraction of sp³-hybridized carbons (Fsp3) is 0.143. The molecule has 0 heterocycles. The second kappa shape index (κ2) is 3.90. The lowest BCUT2D eigenvalue weighted by atomic mass is 10.2. The Kier molecular flexibility index (Phi) is 3.38. The van der Waals surface area contributed by atoms with Gasteiger partial charge in [-0.2, -0.15) is 0 Å². The molecule has 0 amide bonds. The first-order chi connectivity index (χ1) is 5.15. The fourth-order valence-corrected chi connectivity index (χ4v) is 1.69. The van der Waals surface area contributed by atoms with E-state index in [2.05, 4.69) is 45.2 Å². The third-order valence-corrected chi connectivity index (χ3v) is 4.11. The van der Waals surface area contributed by atoms with Gasteiger partial charge in [-0.3, -0.25) is 0 Å². The summed E-state index contributed by atoms with van der Waals surface area (Å²) in [5, 5.41) is 18.0. The number of aromatic hydroxyl groups is 1. The molecule has 0 aliphatic rings. The molecule has 60 valence electrons. The molecule has 11 heavy (non-hydrogen) atoms. The normalized spacial score (nSPS) is 10.1. The van der Waals surface area contributed by atoms with Gasteiger partial charge in [-0.1, -0.05) is 0 Å². The van der Waals surface area contributed by atoms with Crippen molar-refractivity contribution in [2.75, 3.05) is 0 Å². The van der Waals surface area contributed by atoms with Crippen molar-refractivity contribution in [3.05, 3.63) is 24.8 Å². The van der Waals surface area contributed by atoms with Crippen LogP contribution in [-0.2, 0) is 6.61 Å². The third kappa shape index (κ3) is 2.19. The van der Waals surface area contributed by atoms with E-state index in [0.717, 1.165) is 7.14 Å². The molecule has 4 heteroatoms. The van der Waals surface area contributed by atoms with Crippen LogP contribution in [0.5, 0.6) is 5.75 Å². The number of phenols is 1. The van der Waals surface area contributed by atoms with Crippen LogP contribution in [0, 0.1) is 7.14 Å².